The molecular formula is C13H21NO4S. The van der Waals surface area contributed by atoms with Gasteiger partial charge in [0, 0.05) is 13.1 Å². The zero-order valence-corrected chi connectivity index (χ0v) is 11.9. The van der Waals surface area contributed by atoms with Crippen LogP contribution in [0.2, 0.25) is 0 Å². The molecule has 6 heteroatoms. The first kappa shape index (κ1) is 16.1. The number of aliphatic hydroxyl groups is 2. The summed E-state index contributed by atoms with van der Waals surface area (Å²) in [5.74, 6) is 0. The van der Waals surface area contributed by atoms with E-state index in [2.05, 4.69) is 6.92 Å². The molecule has 0 bridgehead atoms. The Morgan fingerprint density at radius 2 is 1.58 bits per heavy atom. The molecule has 0 amide bonds. The average molecular weight is 287 g/mol. The summed E-state index contributed by atoms with van der Waals surface area (Å²) in [6.07, 6.45) is 1.92. The van der Waals surface area contributed by atoms with Crippen molar-refractivity contribution < 1.29 is 18.6 Å². The maximum absolute atomic E-state index is 12.3. The van der Waals surface area contributed by atoms with Crippen molar-refractivity contribution >= 4 is 10.0 Å². The van der Waals surface area contributed by atoms with Gasteiger partial charge in [-0.3, -0.25) is 0 Å². The molecule has 0 aliphatic heterocycles. The predicted molar refractivity (Wildman–Crippen MR) is 73.4 cm³/mol. The van der Waals surface area contributed by atoms with Crippen LogP contribution >= 0.6 is 0 Å². The van der Waals surface area contributed by atoms with E-state index in [9.17, 15) is 8.42 Å². The lowest BCUT2D eigenvalue weighted by molar-refractivity contribution is 0.217. The summed E-state index contributed by atoms with van der Waals surface area (Å²) in [6.45, 7) is 1.49. The van der Waals surface area contributed by atoms with E-state index in [1.54, 1.807) is 24.3 Å². The number of nitrogens with zero attached hydrogens (tertiary/aromatic N) is 1. The van der Waals surface area contributed by atoms with Crippen LogP contribution in [0.3, 0.4) is 0 Å². The number of rotatable bonds is 8. The molecular weight excluding hydrogens is 266 g/mol. The van der Waals surface area contributed by atoms with Gasteiger partial charge in [0.2, 0.25) is 10.0 Å². The fraction of sp³-hybridized carbons (Fsp3) is 0.538. The molecule has 108 valence electrons. The lowest BCUT2D eigenvalue weighted by Gasteiger charge is -2.20. The zero-order valence-electron chi connectivity index (χ0n) is 11.1. The molecule has 0 heterocycles. The van der Waals surface area contributed by atoms with Crippen molar-refractivity contribution in [2.75, 3.05) is 26.3 Å². The van der Waals surface area contributed by atoms with Crippen LogP contribution in [0.25, 0.3) is 0 Å². The molecule has 0 atom stereocenters. The van der Waals surface area contributed by atoms with E-state index in [0.717, 1.165) is 22.7 Å². The summed E-state index contributed by atoms with van der Waals surface area (Å²) in [5.41, 5.74) is 1.09. The van der Waals surface area contributed by atoms with Crippen molar-refractivity contribution in [1.29, 1.82) is 0 Å². The normalized spacial score (nSPS) is 12.0. The molecule has 0 saturated carbocycles. The predicted octanol–water partition coefficient (Wildman–Crippen LogP) is 0.614. The number of aliphatic hydroxyl groups excluding tert-OH is 2. The molecule has 19 heavy (non-hydrogen) atoms. The SMILES string of the molecule is CCCc1ccc(S(=O)(=O)N(CCO)CCO)cc1. The number of hydrogen-bond acceptors (Lipinski definition) is 4. The zero-order chi connectivity index (χ0) is 14.3. The highest BCUT2D eigenvalue weighted by Gasteiger charge is 2.23. The fourth-order valence-corrected chi connectivity index (χ4v) is 3.26. The van der Waals surface area contributed by atoms with Crippen molar-refractivity contribution in [1.82, 2.24) is 4.31 Å². The van der Waals surface area contributed by atoms with E-state index < -0.39 is 10.0 Å². The molecule has 0 radical (unpaired) electrons. The highest BCUT2D eigenvalue weighted by Crippen LogP contribution is 2.16. The minimum absolute atomic E-state index is 0.0143. The Balaban J connectivity index is 2.96. The van der Waals surface area contributed by atoms with Crippen molar-refractivity contribution in [2.24, 2.45) is 0 Å². The number of benzene rings is 1. The Bertz CT molecular complexity index is 464. The van der Waals surface area contributed by atoms with Gasteiger partial charge in [-0.05, 0) is 24.1 Å². The van der Waals surface area contributed by atoms with Crippen LogP contribution in [0.15, 0.2) is 29.2 Å². The van der Waals surface area contributed by atoms with Crippen LogP contribution in [0, 0.1) is 0 Å². The van der Waals surface area contributed by atoms with Gasteiger partial charge < -0.3 is 10.2 Å². The average Bonchev–Trinajstić information content (AvgIpc) is 2.39. The van der Waals surface area contributed by atoms with Crippen LogP contribution < -0.4 is 0 Å². The second kappa shape index (κ2) is 7.59. The van der Waals surface area contributed by atoms with E-state index in [4.69, 9.17) is 10.2 Å². The van der Waals surface area contributed by atoms with E-state index in [0.29, 0.717) is 0 Å². The topological polar surface area (TPSA) is 77.8 Å². The largest absolute Gasteiger partial charge is 0.395 e. The number of sulfonamides is 1. The molecule has 2 N–H and O–H groups in total. The van der Waals surface area contributed by atoms with Gasteiger partial charge in [0.15, 0.2) is 0 Å². The highest BCUT2D eigenvalue weighted by molar-refractivity contribution is 7.89. The lowest BCUT2D eigenvalue weighted by Crippen LogP contribution is -2.35. The second-order valence-corrected chi connectivity index (χ2v) is 6.18. The number of hydrogen-bond donors (Lipinski definition) is 2. The van der Waals surface area contributed by atoms with Crippen molar-refractivity contribution in [2.45, 2.75) is 24.7 Å². The van der Waals surface area contributed by atoms with Crippen LogP contribution in [0.1, 0.15) is 18.9 Å². The van der Waals surface area contributed by atoms with Crippen molar-refractivity contribution in [3.05, 3.63) is 29.8 Å². The summed E-state index contributed by atoms with van der Waals surface area (Å²) in [4.78, 5) is 0.189. The smallest absolute Gasteiger partial charge is 0.243 e. The first-order valence-electron chi connectivity index (χ1n) is 6.37. The Hall–Kier alpha value is -0.950. The molecule has 0 spiro atoms. The Morgan fingerprint density at radius 1 is 1.05 bits per heavy atom. The van der Waals surface area contributed by atoms with Crippen LogP contribution in [0.5, 0.6) is 0 Å². The van der Waals surface area contributed by atoms with Crippen LogP contribution in [-0.4, -0.2) is 49.2 Å². The van der Waals surface area contributed by atoms with Crippen molar-refractivity contribution in [3.63, 3.8) is 0 Å². The first-order valence-corrected chi connectivity index (χ1v) is 7.81. The molecule has 0 aliphatic rings. The third kappa shape index (κ3) is 4.28. The summed E-state index contributed by atoms with van der Waals surface area (Å²) in [6, 6.07) is 6.74. The van der Waals surface area contributed by atoms with Crippen LogP contribution in [-0.2, 0) is 16.4 Å². The summed E-state index contributed by atoms with van der Waals surface area (Å²) in [7, 11) is -3.64. The van der Waals surface area contributed by atoms with E-state index in [1.807, 2.05) is 0 Å². The van der Waals surface area contributed by atoms with Gasteiger partial charge in [-0.1, -0.05) is 25.5 Å². The molecule has 5 nitrogen and oxygen atoms in total. The monoisotopic (exact) mass is 287 g/mol. The fourth-order valence-electron chi connectivity index (χ4n) is 1.84. The quantitative estimate of drug-likeness (QED) is 0.734. The molecule has 0 unspecified atom stereocenters. The minimum atomic E-state index is -3.64. The summed E-state index contributed by atoms with van der Waals surface area (Å²) >= 11 is 0. The van der Waals surface area contributed by atoms with Crippen molar-refractivity contribution in [3.8, 4) is 0 Å². The van der Waals surface area contributed by atoms with E-state index >= 15 is 0 Å². The van der Waals surface area contributed by atoms with Gasteiger partial charge in [0.05, 0.1) is 18.1 Å². The molecule has 1 aromatic carbocycles. The van der Waals surface area contributed by atoms with Gasteiger partial charge in [-0.15, -0.1) is 0 Å². The van der Waals surface area contributed by atoms with Gasteiger partial charge in [0.1, 0.15) is 0 Å². The molecule has 1 rings (SSSR count). The highest BCUT2D eigenvalue weighted by atomic mass is 32.2. The maximum atomic E-state index is 12.3. The molecule has 0 fully saturated rings. The number of aryl methyl sites for hydroxylation is 1. The molecule has 0 aliphatic carbocycles. The van der Waals surface area contributed by atoms with E-state index in [1.165, 1.54) is 0 Å². The van der Waals surface area contributed by atoms with Gasteiger partial charge in [-0.2, -0.15) is 4.31 Å². The molecule has 0 saturated heterocycles. The molecule has 1 aromatic rings. The van der Waals surface area contributed by atoms with Gasteiger partial charge in [0.25, 0.3) is 0 Å². The third-order valence-electron chi connectivity index (χ3n) is 2.80. The summed E-state index contributed by atoms with van der Waals surface area (Å²) in [5, 5.41) is 17.8. The first-order chi connectivity index (χ1) is 9.06. The maximum Gasteiger partial charge on any atom is 0.243 e. The summed E-state index contributed by atoms with van der Waals surface area (Å²) < 4.78 is 25.7. The minimum Gasteiger partial charge on any atom is -0.395 e. The second-order valence-electron chi connectivity index (χ2n) is 4.25. The van der Waals surface area contributed by atoms with Gasteiger partial charge in [-0.25, -0.2) is 8.42 Å². The Morgan fingerprint density at radius 3 is 2.00 bits per heavy atom. The lowest BCUT2D eigenvalue weighted by atomic mass is 10.1. The van der Waals surface area contributed by atoms with Crippen LogP contribution in [0.4, 0.5) is 0 Å². The molecule has 0 aromatic heterocycles. The third-order valence-corrected chi connectivity index (χ3v) is 4.71. The Labute approximate surface area is 114 Å². The van der Waals surface area contributed by atoms with Gasteiger partial charge >= 0.3 is 0 Å². The van der Waals surface area contributed by atoms with E-state index in [-0.39, 0.29) is 31.2 Å². The Kier molecular flexibility index (Phi) is 6.44. The standard InChI is InChI=1S/C13H21NO4S/c1-2-3-12-4-6-13(7-5-12)19(17,18)14(8-10-15)9-11-16/h4-7,15-16H,2-3,8-11H2,1H3.